The Labute approximate surface area is 162 Å². The van der Waals surface area contributed by atoms with Gasteiger partial charge in [0.05, 0.1) is 0 Å². The summed E-state index contributed by atoms with van der Waals surface area (Å²) in [4.78, 5) is 27.6. The summed E-state index contributed by atoms with van der Waals surface area (Å²) in [6.07, 6.45) is 0. The van der Waals surface area contributed by atoms with E-state index in [4.69, 9.17) is 11.6 Å². The largest absolute Gasteiger partial charge is 0.350 e. The first kappa shape index (κ1) is 17.3. The number of nitrogens with zero attached hydrogens (tertiary/aromatic N) is 1. The second-order valence-corrected chi connectivity index (χ2v) is 6.78. The molecular formula is C22H17ClN2O2. The molecule has 0 aliphatic carbocycles. The van der Waals surface area contributed by atoms with Gasteiger partial charge in [0.15, 0.2) is 0 Å². The summed E-state index contributed by atoms with van der Waals surface area (Å²) in [5.41, 5.74) is 2.90. The molecule has 3 aromatic carbocycles. The van der Waals surface area contributed by atoms with E-state index in [-0.39, 0.29) is 11.8 Å². The highest BCUT2D eigenvalue weighted by Crippen LogP contribution is 2.38. The van der Waals surface area contributed by atoms with Crippen LogP contribution in [-0.4, -0.2) is 11.8 Å². The number of halogens is 1. The van der Waals surface area contributed by atoms with E-state index in [2.05, 4.69) is 5.32 Å². The topological polar surface area (TPSA) is 49.4 Å². The number of anilines is 1. The molecule has 5 heteroatoms. The molecule has 4 rings (SSSR count). The maximum absolute atomic E-state index is 13.0. The summed E-state index contributed by atoms with van der Waals surface area (Å²) < 4.78 is 0. The van der Waals surface area contributed by atoms with Crippen molar-refractivity contribution < 1.29 is 9.59 Å². The highest BCUT2D eigenvalue weighted by molar-refractivity contribution is 6.30. The first-order valence-corrected chi connectivity index (χ1v) is 9.02. The molecule has 0 aromatic heterocycles. The van der Waals surface area contributed by atoms with Crippen LogP contribution in [-0.2, 0) is 11.3 Å². The maximum Gasteiger partial charge on any atom is 0.259 e. The Morgan fingerprint density at radius 1 is 0.926 bits per heavy atom. The van der Waals surface area contributed by atoms with Crippen molar-refractivity contribution in [2.45, 2.75) is 12.6 Å². The predicted octanol–water partition coefficient (Wildman–Crippen LogP) is 4.36. The summed E-state index contributed by atoms with van der Waals surface area (Å²) in [5.74, 6) is -0.403. The van der Waals surface area contributed by atoms with Crippen molar-refractivity contribution in [1.82, 2.24) is 5.32 Å². The lowest BCUT2D eigenvalue weighted by Crippen LogP contribution is -2.39. The van der Waals surface area contributed by atoms with Crippen LogP contribution < -0.4 is 10.2 Å². The van der Waals surface area contributed by atoms with Crippen molar-refractivity contribution in [3.63, 3.8) is 0 Å². The lowest BCUT2D eigenvalue weighted by molar-refractivity contribution is -0.122. The van der Waals surface area contributed by atoms with Crippen LogP contribution >= 0.6 is 11.6 Å². The van der Waals surface area contributed by atoms with E-state index in [0.717, 1.165) is 5.56 Å². The fourth-order valence-electron chi connectivity index (χ4n) is 3.32. The van der Waals surface area contributed by atoms with Gasteiger partial charge >= 0.3 is 0 Å². The van der Waals surface area contributed by atoms with Gasteiger partial charge in [-0.2, -0.15) is 0 Å². The minimum absolute atomic E-state index is 0.187. The number of nitrogens with one attached hydrogen (secondary N) is 1. The molecule has 1 unspecified atom stereocenters. The van der Waals surface area contributed by atoms with Gasteiger partial charge < -0.3 is 5.32 Å². The molecule has 1 N–H and O–H groups in total. The van der Waals surface area contributed by atoms with Gasteiger partial charge in [0, 0.05) is 22.8 Å². The van der Waals surface area contributed by atoms with E-state index < -0.39 is 6.04 Å². The Hall–Kier alpha value is -3.11. The van der Waals surface area contributed by atoms with Crippen LogP contribution in [0.25, 0.3) is 0 Å². The maximum atomic E-state index is 13.0. The van der Waals surface area contributed by atoms with Crippen LogP contribution in [0.4, 0.5) is 5.69 Å². The average molecular weight is 377 g/mol. The first-order chi connectivity index (χ1) is 13.1. The smallest absolute Gasteiger partial charge is 0.259 e. The van der Waals surface area contributed by atoms with E-state index in [0.29, 0.717) is 28.4 Å². The molecule has 0 saturated heterocycles. The third-order valence-corrected chi connectivity index (χ3v) is 4.88. The van der Waals surface area contributed by atoms with Gasteiger partial charge in [-0.15, -0.1) is 0 Å². The van der Waals surface area contributed by atoms with E-state index in [1.807, 2.05) is 42.5 Å². The Kier molecular flexibility index (Phi) is 4.65. The van der Waals surface area contributed by atoms with Gasteiger partial charge in [-0.05, 0) is 41.5 Å². The average Bonchev–Trinajstić information content (AvgIpc) is 3.00. The van der Waals surface area contributed by atoms with Crippen molar-refractivity contribution >= 4 is 29.1 Å². The zero-order valence-corrected chi connectivity index (χ0v) is 15.2. The number of carbonyl (C=O) groups excluding carboxylic acids is 2. The molecule has 0 radical (unpaired) electrons. The third kappa shape index (κ3) is 3.32. The fourth-order valence-corrected chi connectivity index (χ4v) is 3.45. The van der Waals surface area contributed by atoms with Crippen molar-refractivity contribution in [1.29, 1.82) is 0 Å². The van der Waals surface area contributed by atoms with Crippen LogP contribution in [0, 0.1) is 0 Å². The second-order valence-electron chi connectivity index (χ2n) is 6.34. The summed E-state index contributed by atoms with van der Waals surface area (Å²) in [7, 11) is 0. The van der Waals surface area contributed by atoms with Gasteiger partial charge in [0.2, 0.25) is 5.91 Å². The Morgan fingerprint density at radius 2 is 1.59 bits per heavy atom. The number of carbonyl (C=O) groups is 2. The Morgan fingerprint density at radius 3 is 2.33 bits per heavy atom. The SMILES string of the molecule is O=C(NCc1ccccc1)C1c2ccccc2C(=O)N1c1ccc(Cl)cc1. The van der Waals surface area contributed by atoms with Crippen molar-refractivity contribution in [3.05, 3.63) is 101 Å². The van der Waals surface area contributed by atoms with E-state index in [1.54, 1.807) is 36.4 Å². The van der Waals surface area contributed by atoms with Crippen molar-refractivity contribution in [2.24, 2.45) is 0 Å². The molecular weight excluding hydrogens is 360 g/mol. The molecule has 4 nitrogen and oxygen atoms in total. The van der Waals surface area contributed by atoms with E-state index in [1.165, 1.54) is 4.90 Å². The Bertz CT molecular complexity index is 987. The fraction of sp³-hybridized carbons (Fsp3) is 0.0909. The first-order valence-electron chi connectivity index (χ1n) is 8.65. The van der Waals surface area contributed by atoms with Crippen LogP contribution in [0.2, 0.25) is 5.02 Å². The standard InChI is InChI=1S/C22H17ClN2O2/c23-16-10-12-17(13-11-16)25-20(18-8-4-5-9-19(18)22(25)27)21(26)24-14-15-6-2-1-3-7-15/h1-13,20H,14H2,(H,24,26). The van der Waals surface area contributed by atoms with Crippen molar-refractivity contribution in [3.8, 4) is 0 Å². The molecule has 1 aliphatic heterocycles. The van der Waals surface area contributed by atoms with E-state index >= 15 is 0 Å². The number of fused-ring (bicyclic) bond motifs is 1. The van der Waals surface area contributed by atoms with Gasteiger partial charge in [-0.1, -0.05) is 60.1 Å². The minimum atomic E-state index is -0.710. The summed E-state index contributed by atoms with van der Waals surface area (Å²) in [6.45, 7) is 0.404. The molecule has 0 fully saturated rings. The zero-order chi connectivity index (χ0) is 18.8. The molecule has 1 heterocycles. The number of amides is 2. The quantitative estimate of drug-likeness (QED) is 0.735. The summed E-state index contributed by atoms with van der Waals surface area (Å²) in [6, 6.07) is 23.1. The monoisotopic (exact) mass is 376 g/mol. The lowest BCUT2D eigenvalue weighted by atomic mass is 10.0. The summed E-state index contributed by atoms with van der Waals surface area (Å²) >= 11 is 5.98. The number of hydrogen-bond acceptors (Lipinski definition) is 2. The molecule has 134 valence electrons. The van der Waals surface area contributed by atoms with Crippen LogP contribution in [0.15, 0.2) is 78.9 Å². The third-order valence-electron chi connectivity index (χ3n) is 4.63. The predicted molar refractivity (Wildman–Crippen MR) is 106 cm³/mol. The number of rotatable bonds is 4. The van der Waals surface area contributed by atoms with Crippen LogP contribution in [0.5, 0.6) is 0 Å². The molecule has 0 saturated carbocycles. The number of benzene rings is 3. The van der Waals surface area contributed by atoms with Crippen molar-refractivity contribution in [2.75, 3.05) is 4.90 Å². The molecule has 3 aromatic rings. The molecule has 1 aliphatic rings. The van der Waals surface area contributed by atoms with Gasteiger partial charge in [0.25, 0.3) is 5.91 Å². The Balaban J connectivity index is 1.66. The zero-order valence-electron chi connectivity index (χ0n) is 14.4. The molecule has 0 spiro atoms. The lowest BCUT2D eigenvalue weighted by Gasteiger charge is -2.25. The van der Waals surface area contributed by atoms with Crippen LogP contribution in [0.1, 0.15) is 27.5 Å². The van der Waals surface area contributed by atoms with Gasteiger partial charge in [-0.25, -0.2) is 0 Å². The second kappa shape index (κ2) is 7.25. The molecule has 2 amide bonds. The number of hydrogen-bond donors (Lipinski definition) is 1. The normalized spacial score (nSPS) is 15.5. The van der Waals surface area contributed by atoms with Crippen LogP contribution in [0.3, 0.4) is 0 Å². The van der Waals surface area contributed by atoms with E-state index in [9.17, 15) is 9.59 Å². The minimum Gasteiger partial charge on any atom is -0.350 e. The van der Waals surface area contributed by atoms with Gasteiger partial charge in [-0.3, -0.25) is 14.5 Å². The molecule has 0 bridgehead atoms. The highest BCUT2D eigenvalue weighted by atomic mass is 35.5. The molecule has 1 atom stereocenters. The summed E-state index contributed by atoms with van der Waals surface area (Å²) in [5, 5.41) is 3.53. The van der Waals surface area contributed by atoms with Gasteiger partial charge in [0.1, 0.15) is 6.04 Å². The highest BCUT2D eigenvalue weighted by Gasteiger charge is 2.41. The molecule has 27 heavy (non-hydrogen) atoms.